The number of hydrogen-bond donors (Lipinski definition) is 1. The molecule has 0 bridgehead atoms. The van der Waals surface area contributed by atoms with E-state index in [4.69, 9.17) is 0 Å². The van der Waals surface area contributed by atoms with E-state index in [1.54, 1.807) is 11.3 Å². The Hall–Kier alpha value is -0.290. The first-order valence-corrected chi connectivity index (χ1v) is 8.40. The zero-order valence-corrected chi connectivity index (χ0v) is 12.2. The Bertz CT molecular complexity index is 340. The Morgan fingerprint density at radius 1 is 1.35 bits per heavy atom. The van der Waals surface area contributed by atoms with E-state index >= 15 is 0 Å². The molecule has 2 unspecified atom stereocenters. The zero-order chi connectivity index (χ0) is 12.1. The highest BCUT2D eigenvalue weighted by atomic mass is 32.2. The number of aryl methyl sites for hydroxylation is 1. The lowest BCUT2D eigenvalue weighted by molar-refractivity contribution is 0.762. The predicted molar refractivity (Wildman–Crippen MR) is 77.1 cm³/mol. The molecule has 2 atom stereocenters. The van der Waals surface area contributed by atoms with Gasteiger partial charge in [-0.1, -0.05) is 31.6 Å². The predicted octanol–water partition coefficient (Wildman–Crippen LogP) is 3.58. The second kappa shape index (κ2) is 6.59. The van der Waals surface area contributed by atoms with Crippen LogP contribution in [0.4, 0.5) is 5.13 Å². The van der Waals surface area contributed by atoms with Gasteiger partial charge in [-0.05, 0) is 25.0 Å². The molecule has 1 saturated carbocycles. The Morgan fingerprint density at radius 2 is 2.24 bits per heavy atom. The molecule has 0 aromatic carbocycles. The van der Waals surface area contributed by atoms with Crippen LogP contribution in [0, 0.1) is 0 Å². The summed E-state index contributed by atoms with van der Waals surface area (Å²) in [5.74, 6) is 1.21. The van der Waals surface area contributed by atoms with E-state index in [-0.39, 0.29) is 0 Å². The zero-order valence-electron chi connectivity index (χ0n) is 10.6. The second-order valence-electron chi connectivity index (χ2n) is 4.43. The summed E-state index contributed by atoms with van der Waals surface area (Å²) < 4.78 is 0. The van der Waals surface area contributed by atoms with E-state index in [9.17, 15) is 0 Å². The van der Waals surface area contributed by atoms with Gasteiger partial charge in [-0.25, -0.2) is 0 Å². The third-order valence-corrected chi connectivity index (χ3v) is 5.31. The number of rotatable bonds is 6. The molecule has 1 aromatic rings. The molecule has 1 aliphatic carbocycles. The lowest BCUT2D eigenvalue weighted by atomic mass is 10.2. The molecular formula is C12H21N3S2. The smallest absolute Gasteiger partial charge is 0.205 e. The Labute approximate surface area is 112 Å². The van der Waals surface area contributed by atoms with Crippen LogP contribution in [0.1, 0.15) is 44.5 Å². The van der Waals surface area contributed by atoms with Gasteiger partial charge in [0.2, 0.25) is 5.13 Å². The van der Waals surface area contributed by atoms with Crippen LogP contribution in [0.2, 0.25) is 0 Å². The van der Waals surface area contributed by atoms with Crippen LogP contribution in [-0.4, -0.2) is 27.2 Å². The molecule has 17 heavy (non-hydrogen) atoms. The SMILES string of the molecule is CCCc1nnc(NC2CCCC2SCC)s1. The maximum Gasteiger partial charge on any atom is 0.205 e. The number of anilines is 1. The van der Waals surface area contributed by atoms with Crippen LogP contribution in [0.5, 0.6) is 0 Å². The summed E-state index contributed by atoms with van der Waals surface area (Å²) in [5.41, 5.74) is 0. The second-order valence-corrected chi connectivity index (χ2v) is 7.00. The van der Waals surface area contributed by atoms with Crippen LogP contribution >= 0.6 is 23.1 Å². The lowest BCUT2D eigenvalue weighted by Crippen LogP contribution is -2.26. The summed E-state index contributed by atoms with van der Waals surface area (Å²) in [6.07, 6.45) is 6.16. The fourth-order valence-corrected chi connectivity index (χ4v) is 4.39. The van der Waals surface area contributed by atoms with Gasteiger partial charge in [0.15, 0.2) is 0 Å². The molecule has 0 aliphatic heterocycles. The van der Waals surface area contributed by atoms with Crippen molar-refractivity contribution < 1.29 is 0 Å². The molecule has 3 nitrogen and oxygen atoms in total. The van der Waals surface area contributed by atoms with Crippen molar-refractivity contribution >= 4 is 28.2 Å². The summed E-state index contributed by atoms with van der Waals surface area (Å²) in [4.78, 5) is 0. The lowest BCUT2D eigenvalue weighted by Gasteiger charge is -2.19. The number of thioether (sulfide) groups is 1. The minimum Gasteiger partial charge on any atom is -0.356 e. The van der Waals surface area contributed by atoms with E-state index in [0.29, 0.717) is 6.04 Å². The summed E-state index contributed by atoms with van der Waals surface area (Å²) in [6.45, 7) is 4.42. The molecule has 1 N–H and O–H groups in total. The van der Waals surface area contributed by atoms with E-state index < -0.39 is 0 Å². The fraction of sp³-hybridized carbons (Fsp3) is 0.833. The van der Waals surface area contributed by atoms with E-state index in [0.717, 1.165) is 28.2 Å². The average Bonchev–Trinajstić information content (AvgIpc) is 2.91. The van der Waals surface area contributed by atoms with Crippen molar-refractivity contribution in [2.75, 3.05) is 11.1 Å². The first kappa shape index (κ1) is 13.1. The minimum absolute atomic E-state index is 0.599. The van der Waals surface area contributed by atoms with E-state index in [1.165, 1.54) is 25.0 Å². The molecular weight excluding hydrogens is 250 g/mol. The highest BCUT2D eigenvalue weighted by molar-refractivity contribution is 7.99. The molecule has 1 aliphatic rings. The van der Waals surface area contributed by atoms with Gasteiger partial charge < -0.3 is 5.32 Å². The van der Waals surface area contributed by atoms with E-state index in [1.807, 2.05) is 0 Å². The number of aromatic nitrogens is 2. The van der Waals surface area contributed by atoms with Crippen LogP contribution in [0.25, 0.3) is 0 Å². The molecule has 1 fully saturated rings. The topological polar surface area (TPSA) is 37.8 Å². The third-order valence-electron chi connectivity index (χ3n) is 3.07. The highest BCUT2D eigenvalue weighted by Gasteiger charge is 2.27. The normalized spacial score (nSPS) is 24.1. The summed E-state index contributed by atoms with van der Waals surface area (Å²) >= 11 is 3.80. The number of hydrogen-bond acceptors (Lipinski definition) is 5. The average molecular weight is 271 g/mol. The van der Waals surface area contributed by atoms with Crippen molar-refractivity contribution in [2.24, 2.45) is 0 Å². The standard InChI is InChI=1S/C12H21N3S2/c1-3-6-11-14-15-12(17-11)13-9-7-5-8-10(9)16-4-2/h9-10H,3-8H2,1-2H3,(H,13,15). The van der Waals surface area contributed by atoms with Gasteiger partial charge in [0.25, 0.3) is 0 Å². The van der Waals surface area contributed by atoms with Crippen LogP contribution < -0.4 is 5.32 Å². The molecule has 0 saturated heterocycles. The van der Waals surface area contributed by atoms with Crippen LogP contribution in [0.3, 0.4) is 0 Å². The minimum atomic E-state index is 0.599. The van der Waals surface area contributed by atoms with Gasteiger partial charge in [-0.3, -0.25) is 0 Å². The monoisotopic (exact) mass is 271 g/mol. The molecule has 0 radical (unpaired) electrons. The van der Waals surface area contributed by atoms with Gasteiger partial charge in [0, 0.05) is 17.7 Å². The van der Waals surface area contributed by atoms with Crippen molar-refractivity contribution in [3.63, 3.8) is 0 Å². The maximum absolute atomic E-state index is 4.24. The largest absolute Gasteiger partial charge is 0.356 e. The summed E-state index contributed by atoms with van der Waals surface area (Å²) in [7, 11) is 0. The Kier molecular flexibility index (Phi) is 5.10. The van der Waals surface area contributed by atoms with Gasteiger partial charge in [-0.15, -0.1) is 10.2 Å². The highest BCUT2D eigenvalue weighted by Crippen LogP contribution is 2.32. The van der Waals surface area contributed by atoms with Gasteiger partial charge in [-0.2, -0.15) is 11.8 Å². The molecule has 1 heterocycles. The van der Waals surface area contributed by atoms with Crippen molar-refractivity contribution in [2.45, 2.75) is 57.2 Å². The first-order valence-electron chi connectivity index (χ1n) is 6.54. The molecule has 0 spiro atoms. The quantitative estimate of drug-likeness (QED) is 0.858. The summed E-state index contributed by atoms with van der Waals surface area (Å²) in [6, 6.07) is 0.599. The van der Waals surface area contributed by atoms with Gasteiger partial charge in [0.05, 0.1) is 0 Å². The molecule has 0 amide bonds. The molecule has 2 rings (SSSR count). The van der Waals surface area contributed by atoms with Crippen molar-refractivity contribution in [1.82, 2.24) is 10.2 Å². The molecule has 96 valence electrons. The fourth-order valence-electron chi connectivity index (χ4n) is 2.29. The molecule has 5 heteroatoms. The Balaban J connectivity index is 1.90. The first-order chi connectivity index (χ1) is 8.33. The maximum atomic E-state index is 4.24. The van der Waals surface area contributed by atoms with Crippen LogP contribution in [-0.2, 0) is 6.42 Å². The van der Waals surface area contributed by atoms with Gasteiger partial charge >= 0.3 is 0 Å². The number of nitrogens with one attached hydrogen (secondary N) is 1. The van der Waals surface area contributed by atoms with Crippen molar-refractivity contribution in [1.29, 1.82) is 0 Å². The third kappa shape index (κ3) is 3.58. The van der Waals surface area contributed by atoms with E-state index in [2.05, 4.69) is 41.1 Å². The van der Waals surface area contributed by atoms with Crippen LogP contribution in [0.15, 0.2) is 0 Å². The van der Waals surface area contributed by atoms with Crippen molar-refractivity contribution in [3.8, 4) is 0 Å². The Morgan fingerprint density at radius 3 is 3.00 bits per heavy atom. The summed E-state index contributed by atoms with van der Waals surface area (Å²) in [5, 5.41) is 15.0. The van der Waals surface area contributed by atoms with Gasteiger partial charge in [0.1, 0.15) is 5.01 Å². The number of nitrogens with zero attached hydrogens (tertiary/aromatic N) is 2. The molecule has 1 aromatic heterocycles. The van der Waals surface area contributed by atoms with Crippen molar-refractivity contribution in [3.05, 3.63) is 5.01 Å².